The van der Waals surface area contributed by atoms with Gasteiger partial charge in [-0.15, -0.1) is 0 Å². The Morgan fingerprint density at radius 2 is 2.00 bits per heavy atom. The zero-order valence-electron chi connectivity index (χ0n) is 8.66. The highest BCUT2D eigenvalue weighted by Crippen LogP contribution is 2.23. The Morgan fingerprint density at radius 1 is 1.31 bits per heavy atom. The maximum Gasteiger partial charge on any atom is 0.159 e. The van der Waals surface area contributed by atoms with Gasteiger partial charge in [0.1, 0.15) is 11.6 Å². The van der Waals surface area contributed by atoms with Crippen molar-refractivity contribution in [2.45, 2.75) is 18.8 Å². The van der Waals surface area contributed by atoms with E-state index in [4.69, 9.17) is 15.2 Å². The molecule has 1 unspecified atom stereocenters. The molecule has 16 heavy (non-hydrogen) atoms. The predicted octanol–water partition coefficient (Wildman–Crippen LogP) is 1.73. The molecule has 0 aliphatic carbocycles. The summed E-state index contributed by atoms with van der Waals surface area (Å²) in [6.07, 6.45) is -0.0990. The van der Waals surface area contributed by atoms with Crippen LogP contribution in [0.2, 0.25) is 0 Å². The molecule has 0 radical (unpaired) electrons. The lowest BCUT2D eigenvalue weighted by molar-refractivity contribution is -0.0509. The number of hydrogen-bond acceptors (Lipinski definition) is 3. The molecule has 1 aliphatic rings. The zero-order valence-corrected chi connectivity index (χ0v) is 8.66. The second-order valence-electron chi connectivity index (χ2n) is 3.68. The second-order valence-corrected chi connectivity index (χ2v) is 3.68. The van der Waals surface area contributed by atoms with Gasteiger partial charge in [-0.05, 0) is 18.2 Å². The van der Waals surface area contributed by atoms with Crippen LogP contribution in [0.1, 0.15) is 18.0 Å². The third-order valence-electron chi connectivity index (χ3n) is 2.49. The maximum absolute atomic E-state index is 13.4. The molecule has 1 aliphatic heterocycles. The Bertz CT molecular complexity index is 367. The van der Waals surface area contributed by atoms with E-state index in [1.54, 1.807) is 0 Å². The Kier molecular flexibility index (Phi) is 3.48. The van der Waals surface area contributed by atoms with Crippen molar-refractivity contribution in [3.8, 4) is 0 Å². The molecule has 0 spiro atoms. The number of ether oxygens (including phenoxy) is 2. The molecule has 1 atom stereocenters. The van der Waals surface area contributed by atoms with E-state index in [1.165, 1.54) is 0 Å². The van der Waals surface area contributed by atoms with Crippen LogP contribution in [-0.2, 0) is 9.47 Å². The summed E-state index contributed by atoms with van der Waals surface area (Å²) in [5, 5.41) is 0. The number of nitrogens with two attached hydrogens (primary N) is 1. The summed E-state index contributed by atoms with van der Waals surface area (Å²) in [6.45, 7) is 1.03. The average Bonchev–Trinajstić information content (AvgIpc) is 2.74. The van der Waals surface area contributed by atoms with E-state index in [1.807, 2.05) is 0 Å². The summed E-state index contributed by atoms with van der Waals surface area (Å²) in [7, 11) is 0. The number of rotatable bonds is 3. The molecule has 5 heteroatoms. The van der Waals surface area contributed by atoms with Crippen LogP contribution in [0.4, 0.5) is 8.78 Å². The summed E-state index contributed by atoms with van der Waals surface area (Å²) >= 11 is 0. The number of benzene rings is 1. The smallest absolute Gasteiger partial charge is 0.159 e. The first kappa shape index (κ1) is 11.4. The van der Waals surface area contributed by atoms with E-state index in [-0.39, 0.29) is 5.56 Å². The lowest BCUT2D eigenvalue weighted by atomic mass is 10.0. The van der Waals surface area contributed by atoms with E-state index >= 15 is 0 Å². The van der Waals surface area contributed by atoms with Crippen LogP contribution in [0.25, 0.3) is 0 Å². The first-order valence-corrected chi connectivity index (χ1v) is 5.10. The molecule has 0 bridgehead atoms. The SMILES string of the molecule is NC(CC1OCCO1)c1cc(F)ccc1F. The molecule has 2 rings (SSSR count). The summed E-state index contributed by atoms with van der Waals surface area (Å²) in [4.78, 5) is 0. The van der Waals surface area contributed by atoms with Gasteiger partial charge in [0, 0.05) is 18.0 Å². The van der Waals surface area contributed by atoms with Gasteiger partial charge in [0.05, 0.1) is 13.2 Å². The lowest BCUT2D eigenvalue weighted by Crippen LogP contribution is -2.20. The van der Waals surface area contributed by atoms with Gasteiger partial charge in [0.25, 0.3) is 0 Å². The highest BCUT2D eigenvalue weighted by molar-refractivity contribution is 5.22. The Hall–Kier alpha value is -1.04. The molecule has 2 N–H and O–H groups in total. The summed E-state index contributed by atoms with van der Waals surface area (Å²) in [5.74, 6) is -1.01. The van der Waals surface area contributed by atoms with Crippen molar-refractivity contribution in [3.63, 3.8) is 0 Å². The van der Waals surface area contributed by atoms with Crippen LogP contribution < -0.4 is 5.73 Å². The van der Waals surface area contributed by atoms with Gasteiger partial charge in [0.15, 0.2) is 6.29 Å². The molecule has 0 saturated carbocycles. The van der Waals surface area contributed by atoms with Crippen LogP contribution >= 0.6 is 0 Å². The molecule has 1 heterocycles. The normalized spacial score (nSPS) is 18.9. The Morgan fingerprint density at radius 3 is 2.69 bits per heavy atom. The molecular weight excluding hydrogens is 216 g/mol. The fourth-order valence-electron chi connectivity index (χ4n) is 1.68. The minimum atomic E-state index is -0.626. The van der Waals surface area contributed by atoms with Crippen LogP contribution in [0.3, 0.4) is 0 Å². The Labute approximate surface area is 92.1 Å². The molecule has 3 nitrogen and oxygen atoms in total. The van der Waals surface area contributed by atoms with Crippen molar-refractivity contribution in [1.82, 2.24) is 0 Å². The van der Waals surface area contributed by atoms with Gasteiger partial charge in [-0.25, -0.2) is 8.78 Å². The van der Waals surface area contributed by atoms with Crippen LogP contribution in [0.15, 0.2) is 18.2 Å². The largest absolute Gasteiger partial charge is 0.350 e. The van der Waals surface area contributed by atoms with Crippen molar-refractivity contribution in [2.24, 2.45) is 5.73 Å². The molecular formula is C11H13F2NO2. The van der Waals surface area contributed by atoms with Crippen molar-refractivity contribution in [3.05, 3.63) is 35.4 Å². The minimum absolute atomic E-state index is 0.152. The van der Waals surface area contributed by atoms with Crippen molar-refractivity contribution >= 4 is 0 Å². The third-order valence-corrected chi connectivity index (χ3v) is 2.49. The number of hydrogen-bond donors (Lipinski definition) is 1. The van der Waals surface area contributed by atoms with Gasteiger partial charge in [-0.1, -0.05) is 0 Å². The van der Waals surface area contributed by atoms with Crippen LogP contribution in [-0.4, -0.2) is 19.5 Å². The quantitative estimate of drug-likeness (QED) is 0.858. The maximum atomic E-state index is 13.4. The van der Waals surface area contributed by atoms with E-state index in [9.17, 15) is 8.78 Å². The van der Waals surface area contributed by atoms with Crippen LogP contribution in [0.5, 0.6) is 0 Å². The molecule has 0 amide bonds. The molecule has 88 valence electrons. The van der Waals surface area contributed by atoms with E-state index in [0.29, 0.717) is 19.6 Å². The van der Waals surface area contributed by atoms with Gasteiger partial charge in [-0.3, -0.25) is 0 Å². The topological polar surface area (TPSA) is 44.5 Å². The van der Waals surface area contributed by atoms with Gasteiger partial charge in [-0.2, -0.15) is 0 Å². The minimum Gasteiger partial charge on any atom is -0.350 e. The van der Waals surface area contributed by atoms with Crippen molar-refractivity contribution < 1.29 is 18.3 Å². The summed E-state index contributed by atoms with van der Waals surface area (Å²) in [6, 6.07) is 2.61. The fraction of sp³-hybridized carbons (Fsp3) is 0.455. The molecule has 1 fully saturated rings. The van der Waals surface area contributed by atoms with Crippen LogP contribution in [0, 0.1) is 11.6 Å². The Balaban J connectivity index is 2.07. The first-order valence-electron chi connectivity index (χ1n) is 5.10. The number of halogens is 2. The molecule has 1 saturated heterocycles. The first-order chi connectivity index (χ1) is 7.66. The van der Waals surface area contributed by atoms with Gasteiger partial charge < -0.3 is 15.2 Å². The fourth-order valence-corrected chi connectivity index (χ4v) is 1.68. The summed E-state index contributed by atoms with van der Waals surface area (Å²) < 4.78 is 36.7. The highest BCUT2D eigenvalue weighted by Gasteiger charge is 2.22. The highest BCUT2D eigenvalue weighted by atomic mass is 19.1. The standard InChI is InChI=1S/C11H13F2NO2/c12-7-1-2-9(13)8(5-7)10(14)6-11-15-3-4-16-11/h1-2,5,10-11H,3-4,6,14H2. The van der Waals surface area contributed by atoms with E-state index in [2.05, 4.69) is 0 Å². The predicted molar refractivity (Wildman–Crippen MR) is 53.6 cm³/mol. The average molecular weight is 229 g/mol. The lowest BCUT2D eigenvalue weighted by Gasteiger charge is -2.16. The summed E-state index contributed by atoms with van der Waals surface area (Å²) in [5.41, 5.74) is 5.93. The van der Waals surface area contributed by atoms with Gasteiger partial charge in [0.2, 0.25) is 0 Å². The van der Waals surface area contributed by atoms with E-state index < -0.39 is 24.0 Å². The molecule has 0 aromatic heterocycles. The zero-order chi connectivity index (χ0) is 11.5. The van der Waals surface area contributed by atoms with E-state index in [0.717, 1.165) is 18.2 Å². The second kappa shape index (κ2) is 4.86. The van der Waals surface area contributed by atoms with Gasteiger partial charge >= 0.3 is 0 Å². The van der Waals surface area contributed by atoms with Crippen molar-refractivity contribution in [2.75, 3.05) is 13.2 Å². The third kappa shape index (κ3) is 2.55. The monoisotopic (exact) mass is 229 g/mol. The molecule has 1 aromatic carbocycles. The molecule has 1 aromatic rings. The van der Waals surface area contributed by atoms with Crippen molar-refractivity contribution in [1.29, 1.82) is 0 Å².